The van der Waals surface area contributed by atoms with E-state index in [0.29, 0.717) is 17.7 Å². The Kier molecular flexibility index (Phi) is 6.93. The second-order valence-electron chi connectivity index (χ2n) is 6.91. The molecule has 0 fully saturated rings. The van der Waals surface area contributed by atoms with Crippen molar-refractivity contribution in [2.75, 3.05) is 6.61 Å². The minimum atomic E-state index is -4.32. The van der Waals surface area contributed by atoms with Gasteiger partial charge in [-0.3, -0.25) is 0 Å². The minimum absolute atomic E-state index is 0.123. The van der Waals surface area contributed by atoms with Gasteiger partial charge in [-0.15, -0.1) is 0 Å². The van der Waals surface area contributed by atoms with Crippen LogP contribution in [0, 0.1) is 5.82 Å². The molecule has 0 aromatic heterocycles. The lowest BCUT2D eigenvalue weighted by atomic mass is 9.91. The fourth-order valence-electron chi connectivity index (χ4n) is 3.19. The van der Waals surface area contributed by atoms with E-state index in [9.17, 15) is 17.6 Å². The van der Waals surface area contributed by atoms with Crippen LogP contribution in [0.1, 0.15) is 35.1 Å². The Morgan fingerprint density at radius 1 is 0.867 bits per heavy atom. The molecule has 30 heavy (non-hydrogen) atoms. The van der Waals surface area contributed by atoms with E-state index in [4.69, 9.17) is 4.74 Å². The summed E-state index contributed by atoms with van der Waals surface area (Å²) in [5, 5.41) is 0. The van der Waals surface area contributed by atoms with E-state index >= 15 is 0 Å². The van der Waals surface area contributed by atoms with Gasteiger partial charge >= 0.3 is 6.18 Å². The second-order valence-corrected chi connectivity index (χ2v) is 6.91. The van der Waals surface area contributed by atoms with E-state index in [2.05, 4.69) is 0 Å². The molecule has 0 aliphatic heterocycles. The van der Waals surface area contributed by atoms with Gasteiger partial charge in [-0.05, 0) is 47.7 Å². The average molecular weight is 414 g/mol. The SMILES string of the molecule is CCOc1ccc(C=Cc2ccc(C[C@@H](c3ccccc3)C(F)(F)F)cc2)cc1F. The summed E-state index contributed by atoms with van der Waals surface area (Å²) in [5.74, 6) is -1.78. The third kappa shape index (κ3) is 5.72. The smallest absolute Gasteiger partial charge is 0.396 e. The Labute approximate surface area is 173 Å². The van der Waals surface area contributed by atoms with Crippen LogP contribution in [0.3, 0.4) is 0 Å². The summed E-state index contributed by atoms with van der Waals surface area (Å²) in [6.07, 6.45) is -0.910. The predicted octanol–water partition coefficient (Wildman–Crippen LogP) is 7.28. The van der Waals surface area contributed by atoms with Crippen molar-refractivity contribution in [2.45, 2.75) is 25.4 Å². The van der Waals surface area contributed by atoms with E-state index in [1.54, 1.807) is 73.7 Å². The summed E-state index contributed by atoms with van der Waals surface area (Å²) in [6, 6.07) is 19.5. The molecule has 0 unspecified atom stereocenters. The molecule has 0 saturated heterocycles. The molecule has 1 nitrogen and oxygen atoms in total. The summed E-state index contributed by atoms with van der Waals surface area (Å²) in [6.45, 7) is 2.17. The molecule has 1 atom stereocenters. The molecular weight excluding hydrogens is 392 g/mol. The van der Waals surface area contributed by atoms with Gasteiger partial charge in [0.25, 0.3) is 0 Å². The molecule has 3 rings (SSSR count). The van der Waals surface area contributed by atoms with E-state index in [0.717, 1.165) is 5.56 Å². The van der Waals surface area contributed by atoms with Gasteiger partial charge in [0.05, 0.1) is 12.5 Å². The van der Waals surface area contributed by atoms with Crippen molar-refractivity contribution in [3.05, 3.63) is 101 Å². The highest BCUT2D eigenvalue weighted by molar-refractivity contribution is 5.70. The first kappa shape index (κ1) is 21.6. The fraction of sp³-hybridized carbons (Fsp3) is 0.200. The van der Waals surface area contributed by atoms with Crippen LogP contribution in [0.5, 0.6) is 5.75 Å². The zero-order valence-corrected chi connectivity index (χ0v) is 16.5. The van der Waals surface area contributed by atoms with Crippen LogP contribution in [0.4, 0.5) is 17.6 Å². The maximum Gasteiger partial charge on any atom is 0.396 e. The van der Waals surface area contributed by atoms with Gasteiger partial charge in [0.2, 0.25) is 0 Å². The molecule has 3 aromatic carbocycles. The van der Waals surface area contributed by atoms with Gasteiger partial charge < -0.3 is 4.74 Å². The van der Waals surface area contributed by atoms with Crippen LogP contribution in [0.15, 0.2) is 72.8 Å². The molecule has 0 aliphatic rings. The molecule has 0 radical (unpaired) electrons. The first-order valence-electron chi connectivity index (χ1n) is 9.68. The lowest BCUT2D eigenvalue weighted by molar-refractivity contribution is -0.150. The van der Waals surface area contributed by atoms with Gasteiger partial charge in [0.15, 0.2) is 11.6 Å². The molecule has 0 amide bonds. The molecule has 5 heteroatoms. The van der Waals surface area contributed by atoms with Crippen molar-refractivity contribution in [1.29, 1.82) is 0 Å². The van der Waals surface area contributed by atoms with Crippen LogP contribution in [0.2, 0.25) is 0 Å². The molecule has 0 N–H and O–H groups in total. The van der Waals surface area contributed by atoms with Gasteiger partial charge in [-0.1, -0.05) is 72.8 Å². The Bertz CT molecular complexity index is 976. The standard InChI is InChI=1S/C25H22F4O/c1-2-30-24-15-14-20(17-23(24)26)13-10-18-8-11-19(12-9-18)16-22(25(27,28)29)21-6-4-3-5-7-21/h3-15,17,22H,2,16H2,1H3/t22-/m0/s1. The predicted molar refractivity (Wildman–Crippen MR) is 112 cm³/mol. The maximum absolute atomic E-state index is 13.9. The molecule has 0 bridgehead atoms. The van der Waals surface area contributed by atoms with Crippen LogP contribution >= 0.6 is 0 Å². The lowest BCUT2D eigenvalue weighted by Crippen LogP contribution is -2.22. The Morgan fingerprint density at radius 3 is 2.10 bits per heavy atom. The number of benzene rings is 3. The van der Waals surface area contributed by atoms with Gasteiger partial charge in [-0.25, -0.2) is 4.39 Å². The first-order valence-corrected chi connectivity index (χ1v) is 9.68. The van der Waals surface area contributed by atoms with Gasteiger partial charge in [-0.2, -0.15) is 13.2 Å². The van der Waals surface area contributed by atoms with Gasteiger partial charge in [0.1, 0.15) is 0 Å². The highest BCUT2D eigenvalue weighted by Gasteiger charge is 2.40. The summed E-state index contributed by atoms with van der Waals surface area (Å²) in [4.78, 5) is 0. The average Bonchev–Trinajstić information content (AvgIpc) is 2.73. The van der Waals surface area contributed by atoms with Crippen LogP contribution in [0.25, 0.3) is 12.2 Å². The molecule has 3 aromatic rings. The van der Waals surface area contributed by atoms with Crippen molar-refractivity contribution < 1.29 is 22.3 Å². The Balaban J connectivity index is 1.71. The van der Waals surface area contributed by atoms with E-state index in [1.807, 2.05) is 0 Å². The number of halogens is 4. The van der Waals surface area contributed by atoms with Crippen LogP contribution in [-0.4, -0.2) is 12.8 Å². The first-order chi connectivity index (χ1) is 14.4. The largest absolute Gasteiger partial charge is 0.491 e. The molecule has 0 spiro atoms. The maximum atomic E-state index is 13.9. The number of ether oxygens (including phenoxy) is 1. The van der Waals surface area contributed by atoms with Crippen molar-refractivity contribution >= 4 is 12.2 Å². The lowest BCUT2D eigenvalue weighted by Gasteiger charge is -2.21. The Hall–Kier alpha value is -3.08. The highest BCUT2D eigenvalue weighted by Crippen LogP contribution is 2.37. The summed E-state index contributed by atoms with van der Waals surface area (Å²) in [7, 11) is 0. The summed E-state index contributed by atoms with van der Waals surface area (Å²) in [5.41, 5.74) is 2.34. The van der Waals surface area contributed by atoms with Crippen LogP contribution in [-0.2, 0) is 6.42 Å². The number of rotatable bonds is 7. The van der Waals surface area contributed by atoms with Crippen molar-refractivity contribution in [3.8, 4) is 5.75 Å². The highest BCUT2D eigenvalue weighted by atomic mass is 19.4. The Morgan fingerprint density at radius 2 is 1.50 bits per heavy atom. The van der Waals surface area contributed by atoms with Crippen LogP contribution < -0.4 is 4.74 Å². The zero-order valence-electron chi connectivity index (χ0n) is 16.5. The second kappa shape index (κ2) is 9.61. The quantitative estimate of drug-likeness (QED) is 0.291. The molecule has 156 valence electrons. The topological polar surface area (TPSA) is 9.23 Å². The van der Waals surface area contributed by atoms with Crippen molar-refractivity contribution in [1.82, 2.24) is 0 Å². The van der Waals surface area contributed by atoms with Crippen molar-refractivity contribution in [3.63, 3.8) is 0 Å². The fourth-order valence-corrected chi connectivity index (χ4v) is 3.19. The normalized spacial score (nSPS) is 12.8. The van der Waals surface area contributed by atoms with E-state index in [-0.39, 0.29) is 17.7 Å². The number of hydrogen-bond acceptors (Lipinski definition) is 1. The summed E-state index contributed by atoms with van der Waals surface area (Å²) < 4.78 is 59.7. The number of alkyl halides is 3. The monoisotopic (exact) mass is 414 g/mol. The van der Waals surface area contributed by atoms with Crippen molar-refractivity contribution in [2.24, 2.45) is 0 Å². The molecule has 0 heterocycles. The van der Waals surface area contributed by atoms with E-state index in [1.165, 1.54) is 18.2 Å². The third-order valence-corrected chi connectivity index (χ3v) is 4.74. The minimum Gasteiger partial charge on any atom is -0.491 e. The van der Waals surface area contributed by atoms with E-state index < -0.39 is 17.9 Å². The third-order valence-electron chi connectivity index (χ3n) is 4.74. The molecule has 0 aliphatic carbocycles. The molecule has 0 saturated carbocycles. The molecular formula is C25H22F4O. The zero-order chi connectivity index (χ0) is 21.6. The van der Waals surface area contributed by atoms with Gasteiger partial charge in [0, 0.05) is 0 Å². The summed E-state index contributed by atoms with van der Waals surface area (Å²) >= 11 is 0. The number of hydrogen-bond donors (Lipinski definition) is 0.